The minimum Gasteiger partial charge on any atom is -0.339 e. The normalized spacial score (nSPS) is 11.2. The topological polar surface area (TPSA) is 51.0 Å². The van der Waals surface area contributed by atoms with Gasteiger partial charge in [-0.2, -0.15) is 4.98 Å². The number of aryl methyl sites for hydroxylation is 2. The van der Waals surface area contributed by atoms with Crippen molar-refractivity contribution >= 4 is 0 Å². The second-order valence-electron chi connectivity index (χ2n) is 7.14. The van der Waals surface area contributed by atoms with Crippen molar-refractivity contribution < 1.29 is 4.52 Å². The number of aromatic nitrogens is 2. The average molecular weight is 358 g/mol. The maximum Gasteiger partial charge on any atom is 0.227 e. The molecule has 1 N–H and O–H groups in total. The Morgan fingerprint density at radius 1 is 0.846 bits per heavy atom. The van der Waals surface area contributed by atoms with E-state index in [1.165, 1.54) is 56.9 Å². The van der Waals surface area contributed by atoms with Gasteiger partial charge < -0.3 is 9.84 Å². The zero-order chi connectivity index (χ0) is 18.5. The van der Waals surface area contributed by atoms with Crippen LogP contribution in [0.2, 0.25) is 0 Å². The maximum atomic E-state index is 5.33. The minimum atomic E-state index is 0.697. The number of hydrogen-bond acceptors (Lipinski definition) is 4. The van der Waals surface area contributed by atoms with Gasteiger partial charge in [0.1, 0.15) is 0 Å². The molecule has 0 unspecified atom stereocenters. The fourth-order valence-electron chi connectivity index (χ4n) is 3.17. The summed E-state index contributed by atoms with van der Waals surface area (Å²) in [7, 11) is 1.95. The van der Waals surface area contributed by atoms with Gasteiger partial charge in [-0.25, -0.2) is 0 Å². The Labute approximate surface area is 158 Å². The highest BCUT2D eigenvalue weighted by Crippen LogP contribution is 2.18. The van der Waals surface area contributed by atoms with Crippen LogP contribution in [-0.4, -0.2) is 23.7 Å². The molecule has 0 atom stereocenters. The molecule has 2 aromatic rings. The first kappa shape index (κ1) is 20.6. The van der Waals surface area contributed by atoms with Crippen LogP contribution in [0.1, 0.15) is 76.2 Å². The van der Waals surface area contributed by atoms with Crippen LogP contribution >= 0.6 is 0 Å². The molecule has 2 rings (SSSR count). The molecule has 4 nitrogen and oxygen atoms in total. The molecule has 0 saturated carbocycles. The lowest BCUT2D eigenvalue weighted by Crippen LogP contribution is -2.08. The predicted molar refractivity (Wildman–Crippen MR) is 108 cm³/mol. The highest BCUT2D eigenvalue weighted by molar-refractivity contribution is 5.54. The van der Waals surface area contributed by atoms with Gasteiger partial charge in [-0.1, -0.05) is 81.3 Å². The number of nitrogens with zero attached hydrogens (tertiary/aromatic N) is 2. The van der Waals surface area contributed by atoms with Crippen LogP contribution in [-0.2, 0) is 12.8 Å². The summed E-state index contributed by atoms with van der Waals surface area (Å²) in [6.07, 6.45) is 13.9. The van der Waals surface area contributed by atoms with E-state index < -0.39 is 0 Å². The summed E-state index contributed by atoms with van der Waals surface area (Å²) in [6, 6.07) is 8.63. The van der Waals surface area contributed by atoms with E-state index in [2.05, 4.69) is 46.6 Å². The number of benzene rings is 1. The summed E-state index contributed by atoms with van der Waals surface area (Å²) >= 11 is 0. The third kappa shape index (κ3) is 7.69. The molecule has 0 aliphatic carbocycles. The van der Waals surface area contributed by atoms with Crippen molar-refractivity contribution in [2.45, 2.75) is 77.6 Å². The number of hydrogen-bond donors (Lipinski definition) is 1. The van der Waals surface area contributed by atoms with Crippen molar-refractivity contribution in [2.24, 2.45) is 0 Å². The summed E-state index contributed by atoms with van der Waals surface area (Å²) in [6.45, 7) is 3.24. The lowest BCUT2D eigenvalue weighted by atomic mass is 10.0. The lowest BCUT2D eigenvalue weighted by Gasteiger charge is -2.03. The van der Waals surface area contributed by atoms with Crippen molar-refractivity contribution in [3.8, 4) is 11.4 Å². The molecule has 0 amide bonds. The molecule has 1 heterocycles. The second-order valence-corrected chi connectivity index (χ2v) is 7.14. The van der Waals surface area contributed by atoms with E-state index >= 15 is 0 Å². The van der Waals surface area contributed by atoms with Crippen molar-refractivity contribution in [1.82, 2.24) is 15.5 Å². The number of nitrogens with one attached hydrogen (secondary N) is 1. The van der Waals surface area contributed by atoms with Crippen LogP contribution in [0.5, 0.6) is 0 Å². The zero-order valence-electron chi connectivity index (χ0n) is 16.6. The molecule has 0 bridgehead atoms. The Kier molecular flexibility index (Phi) is 10.0. The first-order valence-electron chi connectivity index (χ1n) is 10.4. The van der Waals surface area contributed by atoms with E-state index in [0.717, 1.165) is 37.3 Å². The smallest absolute Gasteiger partial charge is 0.227 e. The fourth-order valence-corrected chi connectivity index (χ4v) is 3.17. The average Bonchev–Trinajstić information content (AvgIpc) is 3.13. The van der Waals surface area contributed by atoms with Gasteiger partial charge in [-0.15, -0.1) is 0 Å². The molecule has 0 spiro atoms. The third-order valence-electron chi connectivity index (χ3n) is 4.82. The van der Waals surface area contributed by atoms with E-state index in [1.807, 2.05) is 7.05 Å². The SMILES string of the molecule is CCCCCCCCCCc1ccc(-c2noc(CCCNC)n2)cc1. The molecule has 0 fully saturated rings. The lowest BCUT2D eigenvalue weighted by molar-refractivity contribution is 0.375. The van der Waals surface area contributed by atoms with E-state index in [0.29, 0.717) is 5.82 Å². The van der Waals surface area contributed by atoms with E-state index in [-0.39, 0.29) is 0 Å². The maximum absolute atomic E-state index is 5.33. The Morgan fingerprint density at radius 2 is 1.54 bits per heavy atom. The number of unbranched alkanes of at least 4 members (excludes halogenated alkanes) is 7. The molecule has 1 aromatic heterocycles. The van der Waals surface area contributed by atoms with Gasteiger partial charge >= 0.3 is 0 Å². The van der Waals surface area contributed by atoms with E-state index in [4.69, 9.17) is 4.52 Å². The fraction of sp³-hybridized carbons (Fsp3) is 0.636. The third-order valence-corrected chi connectivity index (χ3v) is 4.82. The van der Waals surface area contributed by atoms with Crippen LogP contribution in [0, 0.1) is 0 Å². The quantitative estimate of drug-likeness (QED) is 0.449. The van der Waals surface area contributed by atoms with E-state index in [9.17, 15) is 0 Å². The molecule has 0 saturated heterocycles. The highest BCUT2D eigenvalue weighted by atomic mass is 16.5. The van der Waals surface area contributed by atoms with Crippen LogP contribution in [0.3, 0.4) is 0 Å². The Hall–Kier alpha value is -1.68. The molecule has 144 valence electrons. The summed E-state index contributed by atoms with van der Waals surface area (Å²) in [4.78, 5) is 4.49. The molecule has 26 heavy (non-hydrogen) atoms. The standard InChI is InChI=1S/C22H35N3O/c1-3-4-5-6-7-8-9-10-12-19-14-16-20(17-15-19)22-24-21(26-25-22)13-11-18-23-2/h14-17,23H,3-13,18H2,1-2H3. The first-order valence-corrected chi connectivity index (χ1v) is 10.4. The summed E-state index contributed by atoms with van der Waals surface area (Å²) in [5, 5.41) is 7.23. The van der Waals surface area contributed by atoms with Gasteiger partial charge in [0.2, 0.25) is 11.7 Å². The van der Waals surface area contributed by atoms with Crippen molar-refractivity contribution in [2.75, 3.05) is 13.6 Å². The summed E-state index contributed by atoms with van der Waals surface area (Å²) in [5.74, 6) is 1.42. The molecule has 4 heteroatoms. The van der Waals surface area contributed by atoms with E-state index in [1.54, 1.807) is 0 Å². The molecule has 0 radical (unpaired) electrons. The summed E-state index contributed by atoms with van der Waals surface area (Å²) < 4.78 is 5.33. The molecule has 1 aromatic carbocycles. The Morgan fingerprint density at radius 3 is 2.23 bits per heavy atom. The first-order chi connectivity index (χ1) is 12.8. The monoisotopic (exact) mass is 357 g/mol. The Bertz CT molecular complexity index is 592. The molecule has 0 aliphatic rings. The summed E-state index contributed by atoms with van der Waals surface area (Å²) in [5.41, 5.74) is 2.44. The highest BCUT2D eigenvalue weighted by Gasteiger charge is 2.08. The molecule has 0 aliphatic heterocycles. The van der Waals surface area contributed by atoms with Crippen molar-refractivity contribution in [3.63, 3.8) is 0 Å². The van der Waals surface area contributed by atoms with Gasteiger partial charge in [-0.3, -0.25) is 0 Å². The van der Waals surface area contributed by atoms with Crippen LogP contribution < -0.4 is 5.32 Å². The van der Waals surface area contributed by atoms with Gasteiger partial charge in [0, 0.05) is 12.0 Å². The van der Waals surface area contributed by atoms with Crippen LogP contribution in [0.15, 0.2) is 28.8 Å². The Balaban J connectivity index is 1.68. The van der Waals surface area contributed by atoms with Crippen LogP contribution in [0.25, 0.3) is 11.4 Å². The van der Waals surface area contributed by atoms with Gasteiger partial charge in [0.05, 0.1) is 0 Å². The number of rotatable bonds is 14. The molecular weight excluding hydrogens is 322 g/mol. The van der Waals surface area contributed by atoms with Gasteiger partial charge in [-0.05, 0) is 38.4 Å². The van der Waals surface area contributed by atoms with Crippen molar-refractivity contribution in [1.29, 1.82) is 0 Å². The molecular formula is C22H35N3O. The van der Waals surface area contributed by atoms with Gasteiger partial charge in [0.15, 0.2) is 0 Å². The van der Waals surface area contributed by atoms with Crippen molar-refractivity contribution in [3.05, 3.63) is 35.7 Å². The minimum absolute atomic E-state index is 0.697. The predicted octanol–water partition coefficient (Wildman–Crippen LogP) is 5.57. The van der Waals surface area contributed by atoms with Gasteiger partial charge in [0.25, 0.3) is 0 Å². The largest absolute Gasteiger partial charge is 0.339 e. The van der Waals surface area contributed by atoms with Crippen LogP contribution in [0.4, 0.5) is 0 Å². The second kappa shape index (κ2) is 12.6. The zero-order valence-corrected chi connectivity index (χ0v) is 16.6.